The first kappa shape index (κ1) is 20.0. The smallest absolute Gasteiger partial charge is 0.410 e. The lowest BCUT2D eigenvalue weighted by Crippen LogP contribution is -2.53. The van der Waals surface area contributed by atoms with E-state index < -0.39 is 6.10 Å². The van der Waals surface area contributed by atoms with Crippen LogP contribution in [0, 0.1) is 5.82 Å². The molecule has 162 valence electrons. The zero-order valence-corrected chi connectivity index (χ0v) is 17.4. The summed E-state index contributed by atoms with van der Waals surface area (Å²) < 4.78 is 24.9. The van der Waals surface area contributed by atoms with E-state index in [-0.39, 0.29) is 42.6 Å². The average Bonchev–Trinajstić information content (AvgIpc) is 3.12. The molecule has 2 saturated heterocycles. The molecule has 3 aliphatic rings. The second kappa shape index (κ2) is 7.96. The Balaban J connectivity index is 1.45. The Bertz CT molecular complexity index is 995. The van der Waals surface area contributed by atoms with E-state index in [1.54, 1.807) is 17.0 Å². The van der Waals surface area contributed by atoms with E-state index in [2.05, 4.69) is 6.07 Å². The summed E-state index contributed by atoms with van der Waals surface area (Å²) in [7, 11) is 0. The van der Waals surface area contributed by atoms with Gasteiger partial charge in [-0.05, 0) is 42.2 Å². The highest BCUT2D eigenvalue weighted by molar-refractivity contribution is 5.83. The van der Waals surface area contributed by atoms with Gasteiger partial charge in [-0.15, -0.1) is 0 Å². The van der Waals surface area contributed by atoms with Gasteiger partial charge in [-0.1, -0.05) is 36.4 Å². The molecule has 0 aromatic heterocycles. The van der Waals surface area contributed by atoms with E-state index in [1.165, 1.54) is 17.7 Å². The van der Waals surface area contributed by atoms with Crippen LogP contribution in [0.1, 0.15) is 36.1 Å². The maximum atomic E-state index is 13.7. The Morgan fingerprint density at radius 2 is 1.94 bits per heavy atom. The SMILES string of the molecule is CCN1C(=O)O[C@@H]2CO[C@@H](C(=O)N3CCc4ccccc4[C@@H]3c3ccc(F)cc3)C[C@@H]21. The molecule has 4 atom stereocenters. The summed E-state index contributed by atoms with van der Waals surface area (Å²) in [5.74, 6) is -0.407. The Hall–Kier alpha value is -2.93. The number of carbonyl (C=O) groups is 2. The number of halogens is 1. The zero-order valence-electron chi connectivity index (χ0n) is 17.4. The van der Waals surface area contributed by atoms with E-state index >= 15 is 0 Å². The van der Waals surface area contributed by atoms with Crippen LogP contribution in [-0.2, 0) is 20.7 Å². The number of nitrogens with zero attached hydrogens (tertiary/aromatic N) is 2. The molecule has 0 radical (unpaired) electrons. The van der Waals surface area contributed by atoms with Crippen LogP contribution in [-0.4, -0.2) is 59.7 Å². The van der Waals surface area contributed by atoms with Gasteiger partial charge in [-0.2, -0.15) is 0 Å². The monoisotopic (exact) mass is 424 g/mol. The fraction of sp³-hybridized carbons (Fsp3) is 0.417. The van der Waals surface area contributed by atoms with E-state index in [1.807, 2.05) is 30.0 Å². The van der Waals surface area contributed by atoms with Crippen LogP contribution in [0.25, 0.3) is 0 Å². The lowest BCUT2D eigenvalue weighted by Gasteiger charge is -2.41. The molecule has 6 nitrogen and oxygen atoms in total. The van der Waals surface area contributed by atoms with E-state index in [0.29, 0.717) is 19.5 Å². The van der Waals surface area contributed by atoms with E-state index in [0.717, 1.165) is 17.5 Å². The number of benzene rings is 2. The first-order valence-corrected chi connectivity index (χ1v) is 10.8. The standard InChI is InChI=1S/C24H25FN2O4/c1-2-26-19-13-20(30-14-21(19)31-24(26)29)23(28)27-12-11-15-5-3-4-6-18(15)22(27)16-7-9-17(25)10-8-16/h3-10,19-22H,2,11-14H2,1H3/t19-,20+,21+,22-/m0/s1. The average molecular weight is 424 g/mol. The highest BCUT2D eigenvalue weighted by atomic mass is 19.1. The quantitative estimate of drug-likeness (QED) is 0.759. The summed E-state index contributed by atoms with van der Waals surface area (Å²) in [6, 6.07) is 14.0. The van der Waals surface area contributed by atoms with Crippen LogP contribution in [0.15, 0.2) is 48.5 Å². The number of amides is 2. The van der Waals surface area contributed by atoms with Crippen molar-refractivity contribution in [2.45, 2.75) is 44.1 Å². The molecule has 0 unspecified atom stereocenters. The molecule has 0 bridgehead atoms. The highest BCUT2D eigenvalue weighted by Crippen LogP contribution is 2.37. The Labute approximate surface area is 180 Å². The number of likely N-dealkylation sites (N-methyl/N-ethyl adjacent to an activating group) is 1. The van der Waals surface area contributed by atoms with Crippen molar-refractivity contribution >= 4 is 12.0 Å². The van der Waals surface area contributed by atoms with Crippen LogP contribution in [0.5, 0.6) is 0 Å². The predicted molar refractivity (Wildman–Crippen MR) is 111 cm³/mol. The summed E-state index contributed by atoms with van der Waals surface area (Å²) in [4.78, 5) is 29.3. The summed E-state index contributed by atoms with van der Waals surface area (Å²) >= 11 is 0. The van der Waals surface area contributed by atoms with Crippen molar-refractivity contribution in [1.29, 1.82) is 0 Å². The molecule has 0 spiro atoms. The third kappa shape index (κ3) is 3.47. The minimum absolute atomic E-state index is 0.0994. The van der Waals surface area contributed by atoms with Gasteiger partial charge in [-0.3, -0.25) is 4.79 Å². The summed E-state index contributed by atoms with van der Waals surface area (Å²) in [6.45, 7) is 3.21. The largest absolute Gasteiger partial charge is 0.441 e. The van der Waals surface area contributed by atoms with Crippen molar-refractivity contribution in [1.82, 2.24) is 9.80 Å². The van der Waals surface area contributed by atoms with E-state index in [4.69, 9.17) is 9.47 Å². The third-order valence-corrected chi connectivity index (χ3v) is 6.60. The molecule has 2 amide bonds. The fourth-order valence-corrected chi connectivity index (χ4v) is 5.06. The normalized spacial score (nSPS) is 27.5. The van der Waals surface area contributed by atoms with Gasteiger partial charge in [0, 0.05) is 19.5 Å². The van der Waals surface area contributed by atoms with E-state index in [9.17, 15) is 14.0 Å². The van der Waals surface area contributed by atoms with Crippen LogP contribution in [0.2, 0.25) is 0 Å². The zero-order chi connectivity index (χ0) is 21.5. The molecule has 0 N–H and O–H groups in total. The molecule has 0 aliphatic carbocycles. The molecule has 2 aromatic rings. The van der Waals surface area contributed by atoms with Crippen molar-refractivity contribution in [3.8, 4) is 0 Å². The maximum Gasteiger partial charge on any atom is 0.410 e. The van der Waals surface area contributed by atoms with Gasteiger partial charge >= 0.3 is 6.09 Å². The van der Waals surface area contributed by atoms with Crippen LogP contribution >= 0.6 is 0 Å². The molecule has 0 saturated carbocycles. The van der Waals surface area contributed by atoms with Crippen molar-refractivity contribution in [3.05, 3.63) is 71.0 Å². The summed E-state index contributed by atoms with van der Waals surface area (Å²) in [5.41, 5.74) is 3.11. The number of hydrogen-bond acceptors (Lipinski definition) is 4. The number of rotatable bonds is 3. The van der Waals surface area contributed by atoms with Gasteiger partial charge < -0.3 is 19.3 Å². The van der Waals surface area contributed by atoms with Crippen LogP contribution in [0.3, 0.4) is 0 Å². The van der Waals surface area contributed by atoms with Crippen molar-refractivity contribution in [2.75, 3.05) is 19.7 Å². The number of ether oxygens (including phenoxy) is 2. The molecule has 7 heteroatoms. The van der Waals surface area contributed by atoms with Crippen molar-refractivity contribution < 1.29 is 23.5 Å². The fourth-order valence-electron chi connectivity index (χ4n) is 5.06. The number of hydrogen-bond donors (Lipinski definition) is 0. The van der Waals surface area contributed by atoms with Crippen molar-refractivity contribution in [2.24, 2.45) is 0 Å². The molecular weight excluding hydrogens is 399 g/mol. The number of carbonyl (C=O) groups excluding carboxylic acids is 2. The lowest BCUT2D eigenvalue weighted by molar-refractivity contribution is -0.154. The van der Waals surface area contributed by atoms with Crippen LogP contribution < -0.4 is 0 Å². The van der Waals surface area contributed by atoms with Gasteiger partial charge in [-0.25, -0.2) is 9.18 Å². The maximum absolute atomic E-state index is 13.7. The summed E-state index contributed by atoms with van der Waals surface area (Å²) in [6.07, 6.45) is -0.145. The molecule has 5 rings (SSSR count). The first-order chi connectivity index (χ1) is 15.1. The number of fused-ring (bicyclic) bond motifs is 2. The van der Waals surface area contributed by atoms with Gasteiger partial charge in [0.15, 0.2) is 0 Å². The first-order valence-electron chi connectivity index (χ1n) is 10.8. The van der Waals surface area contributed by atoms with Gasteiger partial charge in [0.2, 0.25) is 0 Å². The lowest BCUT2D eigenvalue weighted by atomic mass is 9.87. The molecule has 3 heterocycles. The molecule has 2 aromatic carbocycles. The molecule has 31 heavy (non-hydrogen) atoms. The topological polar surface area (TPSA) is 59.1 Å². The molecule has 3 aliphatic heterocycles. The third-order valence-electron chi connectivity index (χ3n) is 6.60. The second-order valence-corrected chi connectivity index (χ2v) is 8.27. The summed E-state index contributed by atoms with van der Waals surface area (Å²) in [5, 5.41) is 0. The Morgan fingerprint density at radius 1 is 1.16 bits per heavy atom. The molecule has 2 fully saturated rings. The molecular formula is C24H25FN2O4. The minimum atomic E-state index is -0.641. The second-order valence-electron chi connectivity index (χ2n) is 8.27. The van der Waals surface area contributed by atoms with Crippen molar-refractivity contribution in [3.63, 3.8) is 0 Å². The Morgan fingerprint density at radius 3 is 2.71 bits per heavy atom. The minimum Gasteiger partial charge on any atom is -0.441 e. The van der Waals surface area contributed by atoms with Gasteiger partial charge in [0.05, 0.1) is 18.7 Å². The van der Waals surface area contributed by atoms with Gasteiger partial charge in [0.25, 0.3) is 5.91 Å². The Kier molecular flexibility index (Phi) is 5.14. The highest BCUT2D eigenvalue weighted by Gasteiger charge is 2.48. The predicted octanol–water partition coefficient (Wildman–Crippen LogP) is 3.30. The van der Waals surface area contributed by atoms with Crippen LogP contribution in [0.4, 0.5) is 9.18 Å². The van der Waals surface area contributed by atoms with Gasteiger partial charge in [0.1, 0.15) is 18.0 Å².